The van der Waals surface area contributed by atoms with E-state index in [1.165, 1.54) is 0 Å². The fourth-order valence-electron chi connectivity index (χ4n) is 4.36. The van der Waals surface area contributed by atoms with Crippen molar-refractivity contribution in [3.63, 3.8) is 0 Å². The average Bonchev–Trinajstić information content (AvgIpc) is 2.82. The minimum Gasteiger partial charge on any atom is -0.379 e. The van der Waals surface area contributed by atoms with Gasteiger partial charge in [0.15, 0.2) is 0 Å². The molecule has 1 fully saturated rings. The van der Waals surface area contributed by atoms with Gasteiger partial charge >= 0.3 is 0 Å². The van der Waals surface area contributed by atoms with Crippen molar-refractivity contribution in [3.8, 4) is 0 Å². The number of nitrogens with zero attached hydrogens (tertiary/aromatic N) is 1. The van der Waals surface area contributed by atoms with Gasteiger partial charge in [0, 0.05) is 44.2 Å². The van der Waals surface area contributed by atoms with Gasteiger partial charge in [0.2, 0.25) is 5.91 Å². The molecule has 168 valence electrons. The number of hydrogen-bond acceptors (Lipinski definition) is 4. The summed E-state index contributed by atoms with van der Waals surface area (Å²) in [4.78, 5) is 27.3. The van der Waals surface area contributed by atoms with Crippen LogP contribution in [0.3, 0.4) is 0 Å². The Kier molecular flexibility index (Phi) is 8.85. The van der Waals surface area contributed by atoms with E-state index in [0.717, 1.165) is 49.9 Å². The van der Waals surface area contributed by atoms with Gasteiger partial charge in [-0.3, -0.25) is 14.5 Å². The number of fused-ring (bicyclic) bond motifs is 1. The summed E-state index contributed by atoms with van der Waals surface area (Å²) in [5.41, 5.74) is 0.611. The number of amides is 2. The number of rotatable bonds is 10. The Hall–Kier alpha value is -2.44. The first kappa shape index (κ1) is 23.2. The monoisotopic (exact) mass is 425 g/mol. The summed E-state index contributed by atoms with van der Waals surface area (Å²) in [6.45, 7) is 8.74. The second kappa shape index (κ2) is 11.8. The minimum atomic E-state index is -0.151. The number of nitrogens with one attached hydrogen (secondary N) is 2. The standard InChI is InChI=1S/C25H35N3O3/c1-3-19(4-2)23(28-13-15-31-16-14-28)18-27-24(29)11-12-26-25(30)22-10-9-20-7-5-6-8-21(20)17-22/h5-10,17,19,23H,3-4,11-16,18H2,1-2H3,(H,26,30)(H,27,29). The summed E-state index contributed by atoms with van der Waals surface area (Å²) in [5.74, 6) is 0.371. The SMILES string of the molecule is CCC(CC)C(CNC(=O)CCNC(=O)c1ccc2ccccc2c1)N1CCOCC1. The van der Waals surface area contributed by atoms with Crippen LogP contribution < -0.4 is 10.6 Å². The van der Waals surface area contributed by atoms with Crippen molar-refractivity contribution in [2.75, 3.05) is 39.4 Å². The number of hydrogen-bond donors (Lipinski definition) is 2. The van der Waals surface area contributed by atoms with Gasteiger partial charge in [0.05, 0.1) is 13.2 Å². The second-order valence-electron chi connectivity index (χ2n) is 8.16. The Labute approximate surface area is 185 Å². The van der Waals surface area contributed by atoms with E-state index in [9.17, 15) is 9.59 Å². The number of carbonyl (C=O) groups is 2. The molecule has 1 atom stereocenters. The molecule has 1 aliphatic rings. The van der Waals surface area contributed by atoms with E-state index in [0.29, 0.717) is 30.6 Å². The van der Waals surface area contributed by atoms with Crippen molar-refractivity contribution in [2.24, 2.45) is 5.92 Å². The first-order valence-corrected chi connectivity index (χ1v) is 11.5. The van der Waals surface area contributed by atoms with E-state index in [1.807, 2.05) is 42.5 Å². The molecule has 2 aromatic rings. The van der Waals surface area contributed by atoms with Crippen molar-refractivity contribution >= 4 is 22.6 Å². The molecule has 0 radical (unpaired) electrons. The Balaban J connectivity index is 1.46. The molecule has 6 nitrogen and oxygen atoms in total. The third kappa shape index (κ3) is 6.52. The van der Waals surface area contributed by atoms with Crippen molar-refractivity contribution in [3.05, 3.63) is 48.0 Å². The summed E-state index contributed by atoms with van der Waals surface area (Å²) in [5, 5.41) is 8.09. The highest BCUT2D eigenvalue weighted by Crippen LogP contribution is 2.19. The Morgan fingerprint density at radius 2 is 1.71 bits per heavy atom. The zero-order valence-electron chi connectivity index (χ0n) is 18.7. The van der Waals surface area contributed by atoms with Crippen LogP contribution in [0.4, 0.5) is 0 Å². The van der Waals surface area contributed by atoms with E-state index >= 15 is 0 Å². The Bertz CT molecular complexity index is 860. The molecule has 1 saturated heterocycles. The maximum atomic E-state index is 12.4. The van der Waals surface area contributed by atoms with Crippen LogP contribution in [0.15, 0.2) is 42.5 Å². The fourth-order valence-corrected chi connectivity index (χ4v) is 4.36. The predicted octanol–water partition coefficient (Wildman–Crippen LogP) is 3.21. The maximum absolute atomic E-state index is 12.4. The molecule has 2 N–H and O–H groups in total. The highest BCUT2D eigenvalue weighted by Gasteiger charge is 2.27. The number of benzene rings is 2. The molecule has 1 aliphatic heterocycles. The second-order valence-corrected chi connectivity index (χ2v) is 8.16. The van der Waals surface area contributed by atoms with Crippen LogP contribution in [-0.4, -0.2) is 62.1 Å². The Morgan fingerprint density at radius 1 is 1.00 bits per heavy atom. The molecular formula is C25H35N3O3. The summed E-state index contributed by atoms with van der Waals surface area (Å²) < 4.78 is 5.49. The van der Waals surface area contributed by atoms with Gasteiger partial charge in [-0.15, -0.1) is 0 Å². The highest BCUT2D eigenvalue weighted by molar-refractivity contribution is 5.98. The van der Waals surface area contributed by atoms with Gasteiger partial charge in [0.25, 0.3) is 5.91 Å². The van der Waals surface area contributed by atoms with Crippen LogP contribution in [0, 0.1) is 5.92 Å². The largest absolute Gasteiger partial charge is 0.379 e. The van der Waals surface area contributed by atoms with Gasteiger partial charge in [-0.05, 0) is 28.8 Å². The molecule has 0 spiro atoms. The van der Waals surface area contributed by atoms with Gasteiger partial charge in [-0.25, -0.2) is 0 Å². The number of morpholine rings is 1. The first-order valence-electron chi connectivity index (χ1n) is 11.5. The summed E-state index contributed by atoms with van der Waals surface area (Å²) >= 11 is 0. The molecule has 0 bridgehead atoms. The lowest BCUT2D eigenvalue weighted by molar-refractivity contribution is -0.121. The summed E-state index contributed by atoms with van der Waals surface area (Å²) in [6.07, 6.45) is 2.46. The molecule has 6 heteroatoms. The lowest BCUT2D eigenvalue weighted by Crippen LogP contribution is -2.52. The Morgan fingerprint density at radius 3 is 2.42 bits per heavy atom. The van der Waals surface area contributed by atoms with Crippen LogP contribution in [0.2, 0.25) is 0 Å². The molecule has 2 amide bonds. The smallest absolute Gasteiger partial charge is 0.251 e. The zero-order chi connectivity index (χ0) is 22.1. The van der Waals surface area contributed by atoms with Gasteiger partial charge in [-0.1, -0.05) is 57.0 Å². The molecule has 0 aromatic heterocycles. The van der Waals surface area contributed by atoms with Crippen LogP contribution in [-0.2, 0) is 9.53 Å². The molecule has 3 rings (SSSR count). The van der Waals surface area contributed by atoms with E-state index in [2.05, 4.69) is 29.4 Å². The van der Waals surface area contributed by atoms with E-state index in [-0.39, 0.29) is 18.2 Å². The molecule has 1 unspecified atom stereocenters. The predicted molar refractivity (Wildman–Crippen MR) is 124 cm³/mol. The van der Waals surface area contributed by atoms with Crippen LogP contribution in [0.1, 0.15) is 43.5 Å². The zero-order valence-corrected chi connectivity index (χ0v) is 18.7. The third-order valence-electron chi connectivity index (χ3n) is 6.27. The molecular weight excluding hydrogens is 390 g/mol. The molecule has 1 heterocycles. The lowest BCUT2D eigenvalue weighted by atomic mass is 9.92. The van der Waals surface area contributed by atoms with E-state index < -0.39 is 0 Å². The van der Waals surface area contributed by atoms with E-state index in [4.69, 9.17) is 4.74 Å². The van der Waals surface area contributed by atoms with Crippen molar-refractivity contribution in [1.82, 2.24) is 15.5 Å². The summed E-state index contributed by atoms with van der Waals surface area (Å²) in [7, 11) is 0. The molecule has 0 aliphatic carbocycles. The molecule has 31 heavy (non-hydrogen) atoms. The first-order chi connectivity index (χ1) is 15.1. The molecule has 0 saturated carbocycles. The lowest BCUT2D eigenvalue weighted by Gasteiger charge is -2.38. The highest BCUT2D eigenvalue weighted by atomic mass is 16.5. The topological polar surface area (TPSA) is 70.7 Å². The quantitative estimate of drug-likeness (QED) is 0.613. The van der Waals surface area contributed by atoms with Crippen LogP contribution >= 0.6 is 0 Å². The average molecular weight is 426 g/mol. The van der Waals surface area contributed by atoms with Gasteiger partial charge in [-0.2, -0.15) is 0 Å². The van der Waals surface area contributed by atoms with Crippen molar-refractivity contribution in [1.29, 1.82) is 0 Å². The van der Waals surface area contributed by atoms with Gasteiger partial charge in [0.1, 0.15) is 0 Å². The van der Waals surface area contributed by atoms with Crippen LogP contribution in [0.5, 0.6) is 0 Å². The fraction of sp³-hybridized carbons (Fsp3) is 0.520. The minimum absolute atomic E-state index is 0.0250. The summed E-state index contributed by atoms with van der Waals surface area (Å²) in [6, 6.07) is 13.9. The maximum Gasteiger partial charge on any atom is 0.251 e. The van der Waals surface area contributed by atoms with E-state index in [1.54, 1.807) is 0 Å². The van der Waals surface area contributed by atoms with Gasteiger partial charge < -0.3 is 15.4 Å². The van der Waals surface area contributed by atoms with Crippen molar-refractivity contribution < 1.29 is 14.3 Å². The molecule has 2 aromatic carbocycles. The van der Waals surface area contributed by atoms with Crippen LogP contribution in [0.25, 0.3) is 10.8 Å². The third-order valence-corrected chi connectivity index (χ3v) is 6.27. The number of ether oxygens (including phenoxy) is 1. The number of carbonyl (C=O) groups excluding carboxylic acids is 2. The normalized spacial score (nSPS) is 15.7. The van der Waals surface area contributed by atoms with Crippen molar-refractivity contribution in [2.45, 2.75) is 39.2 Å².